The number of aromatic amines is 1. The smallest absolute Gasteiger partial charge is 0.166 e. The number of rotatable bonds is 5. The molecular weight excluding hydrogens is 333 g/mol. The van der Waals surface area contributed by atoms with Gasteiger partial charge in [0.05, 0.1) is 25.2 Å². The normalized spacial score (nSPS) is 16.2. The highest BCUT2D eigenvalue weighted by Gasteiger charge is 2.27. The highest BCUT2D eigenvalue weighted by atomic mass is 19.1. The lowest BCUT2D eigenvalue weighted by molar-refractivity contribution is 0.274. The summed E-state index contributed by atoms with van der Waals surface area (Å²) in [5.41, 5.74) is 3.51. The van der Waals surface area contributed by atoms with Crippen LogP contribution in [0.25, 0.3) is 0 Å². The van der Waals surface area contributed by atoms with E-state index in [-0.39, 0.29) is 18.5 Å². The SMILES string of the molecule is COc1cccc([C@H]2NCCc3[nH]cnc32)c1OCc1ccccc1F. The van der Waals surface area contributed by atoms with Crippen molar-refractivity contribution in [1.82, 2.24) is 15.3 Å². The molecule has 3 aromatic rings. The van der Waals surface area contributed by atoms with Gasteiger partial charge in [-0.2, -0.15) is 0 Å². The summed E-state index contributed by atoms with van der Waals surface area (Å²) in [7, 11) is 1.60. The van der Waals surface area contributed by atoms with Crippen molar-refractivity contribution in [2.24, 2.45) is 0 Å². The Hall–Kier alpha value is -2.86. The Bertz CT molecular complexity index is 910. The monoisotopic (exact) mass is 353 g/mol. The van der Waals surface area contributed by atoms with E-state index in [9.17, 15) is 4.39 Å². The molecule has 0 saturated heterocycles. The molecule has 6 heteroatoms. The highest BCUT2D eigenvalue weighted by molar-refractivity contribution is 5.51. The standard InChI is InChI=1S/C20H20FN3O2/c1-25-17-8-4-6-14(18-19-16(9-10-22-18)23-12-24-19)20(17)26-11-13-5-2-3-7-15(13)21/h2-8,12,18,22H,9-11H2,1H3,(H,23,24)/t18-/m1/s1. The predicted octanol–water partition coefficient (Wildman–Crippen LogP) is 3.37. The van der Waals surface area contributed by atoms with Gasteiger partial charge >= 0.3 is 0 Å². The number of hydrogen-bond donors (Lipinski definition) is 2. The van der Waals surface area contributed by atoms with Crippen LogP contribution in [0.15, 0.2) is 48.8 Å². The summed E-state index contributed by atoms with van der Waals surface area (Å²) in [5.74, 6) is 0.934. The van der Waals surface area contributed by atoms with E-state index in [4.69, 9.17) is 9.47 Å². The molecule has 5 nitrogen and oxygen atoms in total. The van der Waals surface area contributed by atoms with Crippen molar-refractivity contribution < 1.29 is 13.9 Å². The number of hydrogen-bond acceptors (Lipinski definition) is 4. The number of nitrogens with zero attached hydrogens (tertiary/aromatic N) is 1. The minimum atomic E-state index is -0.283. The molecule has 0 amide bonds. The summed E-state index contributed by atoms with van der Waals surface area (Å²) in [6.07, 6.45) is 2.62. The molecule has 0 radical (unpaired) electrons. The van der Waals surface area contributed by atoms with Crippen molar-refractivity contribution >= 4 is 0 Å². The fourth-order valence-corrected chi connectivity index (χ4v) is 3.32. The van der Waals surface area contributed by atoms with Crippen molar-refractivity contribution in [3.63, 3.8) is 0 Å². The van der Waals surface area contributed by atoms with Crippen LogP contribution in [0, 0.1) is 5.82 Å². The van der Waals surface area contributed by atoms with Gasteiger partial charge in [-0.1, -0.05) is 30.3 Å². The Labute approximate surface area is 151 Å². The summed E-state index contributed by atoms with van der Waals surface area (Å²) in [6.45, 7) is 0.962. The van der Waals surface area contributed by atoms with Crippen molar-refractivity contribution in [2.45, 2.75) is 19.1 Å². The van der Waals surface area contributed by atoms with Crippen LogP contribution in [0.2, 0.25) is 0 Å². The highest BCUT2D eigenvalue weighted by Crippen LogP contribution is 2.39. The molecular formula is C20H20FN3O2. The quantitative estimate of drug-likeness (QED) is 0.738. The lowest BCUT2D eigenvalue weighted by Crippen LogP contribution is -2.31. The summed E-state index contributed by atoms with van der Waals surface area (Å²) in [6, 6.07) is 12.3. The summed E-state index contributed by atoms with van der Waals surface area (Å²) in [4.78, 5) is 7.67. The van der Waals surface area contributed by atoms with Gasteiger partial charge in [-0.3, -0.25) is 0 Å². The van der Waals surface area contributed by atoms with E-state index in [0.29, 0.717) is 17.1 Å². The average Bonchev–Trinajstić information content (AvgIpc) is 3.16. The first kappa shape index (κ1) is 16.6. The van der Waals surface area contributed by atoms with E-state index in [1.165, 1.54) is 6.07 Å². The molecule has 2 heterocycles. The van der Waals surface area contributed by atoms with Crippen molar-refractivity contribution in [1.29, 1.82) is 0 Å². The third-order valence-corrected chi connectivity index (χ3v) is 4.62. The molecule has 1 aliphatic heterocycles. The van der Waals surface area contributed by atoms with Gasteiger partial charge < -0.3 is 19.8 Å². The second-order valence-corrected chi connectivity index (χ2v) is 6.16. The maximum absolute atomic E-state index is 13.9. The molecule has 1 atom stereocenters. The lowest BCUT2D eigenvalue weighted by Gasteiger charge is -2.26. The Morgan fingerprint density at radius 2 is 2.08 bits per heavy atom. The maximum Gasteiger partial charge on any atom is 0.166 e. The molecule has 0 unspecified atom stereocenters. The predicted molar refractivity (Wildman–Crippen MR) is 95.9 cm³/mol. The number of halogens is 1. The van der Waals surface area contributed by atoms with Crippen LogP contribution in [0.5, 0.6) is 11.5 Å². The first-order valence-corrected chi connectivity index (χ1v) is 8.56. The third-order valence-electron chi connectivity index (χ3n) is 4.62. The molecule has 134 valence electrons. The molecule has 2 N–H and O–H groups in total. The molecule has 0 aliphatic carbocycles. The zero-order valence-electron chi connectivity index (χ0n) is 14.5. The first-order valence-electron chi connectivity index (χ1n) is 8.56. The van der Waals surface area contributed by atoms with E-state index < -0.39 is 0 Å². The Morgan fingerprint density at radius 1 is 1.19 bits per heavy atom. The molecule has 0 saturated carbocycles. The van der Waals surface area contributed by atoms with Crippen LogP contribution in [-0.2, 0) is 13.0 Å². The number of benzene rings is 2. The van der Waals surface area contributed by atoms with Crippen LogP contribution < -0.4 is 14.8 Å². The minimum Gasteiger partial charge on any atom is -0.493 e. The molecule has 1 aliphatic rings. The van der Waals surface area contributed by atoms with E-state index in [2.05, 4.69) is 15.3 Å². The van der Waals surface area contributed by atoms with Gasteiger partial charge in [0.1, 0.15) is 12.4 Å². The van der Waals surface area contributed by atoms with Gasteiger partial charge in [0, 0.05) is 29.8 Å². The van der Waals surface area contributed by atoms with Gasteiger partial charge in [-0.25, -0.2) is 9.37 Å². The van der Waals surface area contributed by atoms with Gasteiger partial charge in [0.15, 0.2) is 11.5 Å². The zero-order chi connectivity index (χ0) is 17.9. The molecule has 2 aromatic carbocycles. The fourth-order valence-electron chi connectivity index (χ4n) is 3.32. The Kier molecular flexibility index (Phi) is 4.58. The first-order chi connectivity index (χ1) is 12.8. The number of imidazole rings is 1. The number of para-hydroxylation sites is 1. The Morgan fingerprint density at radius 3 is 2.92 bits per heavy atom. The molecule has 1 aromatic heterocycles. The average molecular weight is 353 g/mol. The summed E-state index contributed by atoms with van der Waals surface area (Å²) < 4.78 is 25.5. The van der Waals surface area contributed by atoms with Crippen molar-refractivity contribution in [3.05, 3.63) is 77.1 Å². The number of methoxy groups -OCH3 is 1. The minimum absolute atomic E-state index is 0.101. The number of fused-ring (bicyclic) bond motifs is 1. The van der Waals surface area contributed by atoms with E-state index in [0.717, 1.165) is 29.9 Å². The fraction of sp³-hybridized carbons (Fsp3) is 0.250. The summed E-state index contributed by atoms with van der Waals surface area (Å²) in [5, 5.41) is 3.49. The number of H-pyrrole nitrogens is 1. The van der Waals surface area contributed by atoms with Crippen molar-refractivity contribution in [2.75, 3.05) is 13.7 Å². The molecule has 0 bridgehead atoms. The van der Waals surface area contributed by atoms with Crippen LogP contribution >= 0.6 is 0 Å². The number of aromatic nitrogens is 2. The lowest BCUT2D eigenvalue weighted by atomic mass is 9.97. The van der Waals surface area contributed by atoms with Crippen LogP contribution in [0.1, 0.15) is 28.6 Å². The second kappa shape index (κ2) is 7.17. The number of nitrogens with one attached hydrogen (secondary N) is 2. The van der Waals surface area contributed by atoms with Gasteiger partial charge in [-0.05, 0) is 12.1 Å². The van der Waals surface area contributed by atoms with Crippen molar-refractivity contribution in [3.8, 4) is 11.5 Å². The third kappa shape index (κ3) is 3.04. The largest absolute Gasteiger partial charge is 0.493 e. The van der Waals surface area contributed by atoms with Gasteiger partial charge in [0.2, 0.25) is 0 Å². The Balaban J connectivity index is 1.69. The molecule has 0 fully saturated rings. The van der Waals surface area contributed by atoms with Crippen LogP contribution in [0.4, 0.5) is 4.39 Å². The molecule has 0 spiro atoms. The van der Waals surface area contributed by atoms with E-state index >= 15 is 0 Å². The maximum atomic E-state index is 13.9. The van der Waals surface area contributed by atoms with Crippen LogP contribution in [-0.4, -0.2) is 23.6 Å². The van der Waals surface area contributed by atoms with Gasteiger partial charge in [0.25, 0.3) is 0 Å². The summed E-state index contributed by atoms with van der Waals surface area (Å²) >= 11 is 0. The zero-order valence-corrected chi connectivity index (χ0v) is 14.5. The second-order valence-electron chi connectivity index (χ2n) is 6.16. The van der Waals surface area contributed by atoms with Crippen LogP contribution in [0.3, 0.4) is 0 Å². The van der Waals surface area contributed by atoms with E-state index in [1.807, 2.05) is 18.2 Å². The molecule has 4 rings (SSSR count). The van der Waals surface area contributed by atoms with Gasteiger partial charge in [-0.15, -0.1) is 0 Å². The van der Waals surface area contributed by atoms with E-state index in [1.54, 1.807) is 31.6 Å². The molecule has 26 heavy (non-hydrogen) atoms. The topological polar surface area (TPSA) is 59.2 Å². The number of ether oxygens (including phenoxy) is 2.